The van der Waals surface area contributed by atoms with Crippen LogP contribution in [-0.2, 0) is 4.79 Å². The van der Waals surface area contributed by atoms with E-state index < -0.39 is 0 Å². The first-order chi connectivity index (χ1) is 7.06. The van der Waals surface area contributed by atoms with Crippen LogP contribution in [0.25, 0.3) is 0 Å². The summed E-state index contributed by atoms with van der Waals surface area (Å²) >= 11 is 0. The van der Waals surface area contributed by atoms with E-state index in [1.807, 2.05) is 17.9 Å². The lowest BCUT2D eigenvalue weighted by Crippen LogP contribution is -2.54. The van der Waals surface area contributed by atoms with Gasteiger partial charge in [0.25, 0.3) is 0 Å². The number of carbonyl (C=O) groups excluding carboxylic acids is 1. The summed E-state index contributed by atoms with van der Waals surface area (Å²) in [5, 5.41) is 3.31. The van der Waals surface area contributed by atoms with Crippen molar-refractivity contribution in [2.75, 3.05) is 6.54 Å². The Balaban J connectivity index is 2.62. The molecular weight excluding hydrogens is 188 g/mol. The van der Waals surface area contributed by atoms with Gasteiger partial charge < -0.3 is 10.2 Å². The maximum absolute atomic E-state index is 12.1. The zero-order chi connectivity index (χ0) is 11.4. The van der Waals surface area contributed by atoms with Gasteiger partial charge in [-0.05, 0) is 19.8 Å². The van der Waals surface area contributed by atoms with Gasteiger partial charge in [0.1, 0.15) is 0 Å². The second kappa shape index (κ2) is 5.31. The first-order valence-corrected chi connectivity index (χ1v) is 5.75. The molecule has 2 unspecified atom stereocenters. The second-order valence-corrected chi connectivity index (χ2v) is 4.52. The van der Waals surface area contributed by atoms with E-state index in [1.54, 1.807) is 0 Å². The van der Waals surface area contributed by atoms with E-state index in [2.05, 4.69) is 25.7 Å². The summed E-state index contributed by atoms with van der Waals surface area (Å²) < 4.78 is 0. The van der Waals surface area contributed by atoms with E-state index in [4.69, 9.17) is 0 Å². The summed E-state index contributed by atoms with van der Waals surface area (Å²) in [5.41, 5.74) is 0. The fourth-order valence-electron chi connectivity index (χ4n) is 1.99. The molecule has 1 heterocycles. The van der Waals surface area contributed by atoms with Crippen LogP contribution in [0.15, 0.2) is 12.7 Å². The maximum Gasteiger partial charge on any atom is 0.240 e. The van der Waals surface area contributed by atoms with E-state index in [9.17, 15) is 4.79 Å². The standard InChI is InChI=1S/C12H22N2O/c1-5-10(4)14-8-6-7-11(12(14)15)13-9(2)3/h5,9-11,13H,1,6-8H2,2-4H3. The highest BCUT2D eigenvalue weighted by atomic mass is 16.2. The predicted molar refractivity (Wildman–Crippen MR) is 62.7 cm³/mol. The molecule has 86 valence electrons. The number of nitrogens with one attached hydrogen (secondary N) is 1. The SMILES string of the molecule is C=CC(C)N1CCCC(NC(C)C)C1=O. The van der Waals surface area contributed by atoms with E-state index in [-0.39, 0.29) is 18.0 Å². The molecule has 1 rings (SSSR count). The number of nitrogens with zero attached hydrogens (tertiary/aromatic N) is 1. The van der Waals surface area contributed by atoms with Crippen molar-refractivity contribution in [1.29, 1.82) is 0 Å². The number of hydrogen-bond acceptors (Lipinski definition) is 2. The van der Waals surface area contributed by atoms with Crippen LogP contribution in [0.1, 0.15) is 33.6 Å². The van der Waals surface area contributed by atoms with Gasteiger partial charge >= 0.3 is 0 Å². The molecule has 1 saturated heterocycles. The molecule has 2 atom stereocenters. The highest BCUT2D eigenvalue weighted by Gasteiger charge is 2.30. The van der Waals surface area contributed by atoms with Crippen LogP contribution >= 0.6 is 0 Å². The molecule has 1 N–H and O–H groups in total. The molecule has 0 aliphatic carbocycles. The van der Waals surface area contributed by atoms with Crippen LogP contribution < -0.4 is 5.32 Å². The molecule has 0 bridgehead atoms. The van der Waals surface area contributed by atoms with Crippen molar-refractivity contribution in [3.05, 3.63) is 12.7 Å². The van der Waals surface area contributed by atoms with E-state index in [0.717, 1.165) is 19.4 Å². The first-order valence-electron chi connectivity index (χ1n) is 5.75. The molecule has 1 aliphatic heterocycles. The van der Waals surface area contributed by atoms with E-state index in [1.165, 1.54) is 0 Å². The Morgan fingerprint density at radius 1 is 1.53 bits per heavy atom. The summed E-state index contributed by atoms with van der Waals surface area (Å²) in [6.07, 6.45) is 3.86. The van der Waals surface area contributed by atoms with Crippen molar-refractivity contribution in [2.24, 2.45) is 0 Å². The lowest BCUT2D eigenvalue weighted by molar-refractivity contribution is -0.137. The molecule has 15 heavy (non-hydrogen) atoms. The summed E-state index contributed by atoms with van der Waals surface area (Å²) in [6.45, 7) is 10.8. The highest BCUT2D eigenvalue weighted by Crippen LogP contribution is 2.15. The van der Waals surface area contributed by atoms with E-state index in [0.29, 0.717) is 6.04 Å². The molecule has 3 nitrogen and oxygen atoms in total. The largest absolute Gasteiger partial charge is 0.335 e. The Kier molecular flexibility index (Phi) is 4.33. The van der Waals surface area contributed by atoms with Gasteiger partial charge in [-0.15, -0.1) is 6.58 Å². The zero-order valence-electron chi connectivity index (χ0n) is 9.99. The predicted octanol–water partition coefficient (Wildman–Crippen LogP) is 1.55. The maximum atomic E-state index is 12.1. The van der Waals surface area contributed by atoms with Crippen molar-refractivity contribution < 1.29 is 4.79 Å². The quantitative estimate of drug-likeness (QED) is 0.714. The van der Waals surface area contributed by atoms with Gasteiger partial charge in [0, 0.05) is 18.6 Å². The van der Waals surface area contributed by atoms with Crippen LogP contribution in [0.5, 0.6) is 0 Å². The van der Waals surface area contributed by atoms with Crippen LogP contribution in [0, 0.1) is 0 Å². The Hall–Kier alpha value is -0.830. The minimum atomic E-state index is 0.00106. The Morgan fingerprint density at radius 2 is 2.20 bits per heavy atom. The molecule has 0 spiro atoms. The normalized spacial score (nSPS) is 24.4. The van der Waals surface area contributed by atoms with Gasteiger partial charge in [0.05, 0.1) is 6.04 Å². The molecule has 0 saturated carbocycles. The minimum absolute atomic E-state index is 0.00106. The third kappa shape index (κ3) is 3.06. The number of piperidine rings is 1. The zero-order valence-corrected chi connectivity index (χ0v) is 9.99. The van der Waals surface area contributed by atoms with Gasteiger partial charge in [0.15, 0.2) is 0 Å². The summed E-state index contributed by atoms with van der Waals surface area (Å²) in [5.74, 6) is 0.224. The number of amides is 1. The average Bonchev–Trinajstić information content (AvgIpc) is 2.19. The fraction of sp³-hybridized carbons (Fsp3) is 0.750. The highest BCUT2D eigenvalue weighted by molar-refractivity contribution is 5.83. The molecule has 1 amide bonds. The Morgan fingerprint density at radius 3 is 2.73 bits per heavy atom. The average molecular weight is 210 g/mol. The van der Waals surface area contributed by atoms with Crippen LogP contribution in [0.3, 0.4) is 0 Å². The molecule has 1 aliphatic rings. The van der Waals surface area contributed by atoms with Crippen LogP contribution in [0.2, 0.25) is 0 Å². The molecular formula is C12H22N2O. The summed E-state index contributed by atoms with van der Waals surface area (Å²) in [6, 6.07) is 0.508. The first kappa shape index (κ1) is 12.2. The molecule has 1 fully saturated rings. The lowest BCUT2D eigenvalue weighted by atomic mass is 10.0. The fourth-order valence-corrected chi connectivity index (χ4v) is 1.99. The van der Waals surface area contributed by atoms with Gasteiger partial charge in [-0.3, -0.25) is 4.79 Å². The summed E-state index contributed by atoms with van der Waals surface area (Å²) in [7, 11) is 0. The van der Waals surface area contributed by atoms with Crippen molar-refractivity contribution in [1.82, 2.24) is 10.2 Å². The Labute approximate surface area is 92.5 Å². The number of carbonyl (C=O) groups is 1. The number of rotatable bonds is 4. The number of likely N-dealkylation sites (tertiary alicyclic amines) is 1. The monoisotopic (exact) mass is 210 g/mol. The summed E-state index contributed by atoms with van der Waals surface area (Å²) in [4.78, 5) is 14.0. The smallest absolute Gasteiger partial charge is 0.240 e. The van der Waals surface area contributed by atoms with E-state index >= 15 is 0 Å². The molecule has 3 heteroatoms. The molecule has 0 radical (unpaired) electrons. The molecule has 0 aromatic rings. The Bertz CT molecular complexity index is 238. The van der Waals surface area contributed by atoms with Crippen LogP contribution in [0.4, 0.5) is 0 Å². The third-order valence-electron chi connectivity index (χ3n) is 2.84. The molecule has 0 aromatic carbocycles. The van der Waals surface area contributed by atoms with Gasteiger partial charge in [-0.25, -0.2) is 0 Å². The topological polar surface area (TPSA) is 32.3 Å². The van der Waals surface area contributed by atoms with Gasteiger partial charge in [-0.2, -0.15) is 0 Å². The lowest BCUT2D eigenvalue weighted by Gasteiger charge is -2.36. The van der Waals surface area contributed by atoms with Crippen molar-refractivity contribution in [3.8, 4) is 0 Å². The molecule has 0 aromatic heterocycles. The minimum Gasteiger partial charge on any atom is -0.335 e. The third-order valence-corrected chi connectivity index (χ3v) is 2.84. The van der Waals surface area contributed by atoms with Crippen molar-refractivity contribution in [2.45, 2.75) is 51.7 Å². The second-order valence-electron chi connectivity index (χ2n) is 4.52. The van der Waals surface area contributed by atoms with Gasteiger partial charge in [0.2, 0.25) is 5.91 Å². The van der Waals surface area contributed by atoms with Crippen molar-refractivity contribution >= 4 is 5.91 Å². The number of hydrogen-bond donors (Lipinski definition) is 1. The van der Waals surface area contributed by atoms with Crippen molar-refractivity contribution in [3.63, 3.8) is 0 Å². The van der Waals surface area contributed by atoms with Gasteiger partial charge in [-0.1, -0.05) is 19.9 Å². The van der Waals surface area contributed by atoms with Crippen LogP contribution in [-0.4, -0.2) is 35.5 Å².